The minimum absolute atomic E-state index is 1.15. The van der Waals surface area contributed by atoms with Gasteiger partial charge in [0.15, 0.2) is 0 Å². The Labute approximate surface area is 130 Å². The predicted molar refractivity (Wildman–Crippen MR) is 89.6 cm³/mol. The molecule has 21 heavy (non-hydrogen) atoms. The molecule has 116 valence electrons. The summed E-state index contributed by atoms with van der Waals surface area (Å²) in [4.78, 5) is 5.23. The Bertz CT molecular complexity index is 400. The molecular weight excluding hydrogens is 256 g/mol. The average molecular weight is 286 g/mol. The van der Waals surface area contributed by atoms with Crippen molar-refractivity contribution < 1.29 is 0 Å². The summed E-state index contributed by atoms with van der Waals surface area (Å²) in [6.07, 6.45) is 9.63. The Morgan fingerprint density at radius 1 is 0.619 bits per heavy atom. The number of hydrogen-bond donors (Lipinski definition) is 0. The molecule has 2 heterocycles. The highest BCUT2D eigenvalue weighted by Gasteiger charge is 2.11. The third kappa shape index (κ3) is 4.82. The van der Waals surface area contributed by atoms with Gasteiger partial charge in [-0.3, -0.25) is 4.90 Å². The third-order valence-corrected chi connectivity index (χ3v) is 5.04. The number of rotatable bonds is 5. The Kier molecular flexibility index (Phi) is 5.70. The lowest BCUT2D eigenvalue weighted by Gasteiger charge is -2.27. The number of benzene rings is 1. The van der Waals surface area contributed by atoms with Gasteiger partial charge in [-0.25, -0.2) is 0 Å². The van der Waals surface area contributed by atoms with Crippen molar-refractivity contribution in [1.29, 1.82) is 0 Å². The maximum Gasteiger partial charge on any atom is 0.0233 e. The quantitative estimate of drug-likeness (QED) is 0.814. The molecule has 2 aliphatic heterocycles. The van der Waals surface area contributed by atoms with Crippen LogP contribution >= 0.6 is 0 Å². The lowest BCUT2D eigenvalue weighted by Crippen LogP contribution is -2.31. The van der Waals surface area contributed by atoms with E-state index in [-0.39, 0.29) is 0 Å². The highest BCUT2D eigenvalue weighted by molar-refractivity contribution is 5.22. The van der Waals surface area contributed by atoms with Crippen LogP contribution in [-0.4, -0.2) is 42.5 Å². The first-order valence-corrected chi connectivity index (χ1v) is 8.93. The van der Waals surface area contributed by atoms with E-state index < -0.39 is 0 Å². The second-order valence-electron chi connectivity index (χ2n) is 6.81. The molecule has 0 aliphatic carbocycles. The Hall–Kier alpha value is -0.860. The van der Waals surface area contributed by atoms with Crippen molar-refractivity contribution in [2.24, 2.45) is 0 Å². The van der Waals surface area contributed by atoms with Crippen molar-refractivity contribution in [1.82, 2.24) is 9.80 Å². The molecule has 2 nitrogen and oxygen atoms in total. The summed E-state index contributed by atoms with van der Waals surface area (Å²) in [7, 11) is 0. The summed E-state index contributed by atoms with van der Waals surface area (Å²) in [5.74, 6) is 0. The van der Waals surface area contributed by atoms with Crippen LogP contribution in [0.3, 0.4) is 0 Å². The van der Waals surface area contributed by atoms with E-state index in [0.717, 1.165) is 6.54 Å². The first-order chi connectivity index (χ1) is 10.4. The van der Waals surface area contributed by atoms with Gasteiger partial charge in [0.25, 0.3) is 0 Å². The Morgan fingerprint density at radius 2 is 1.14 bits per heavy atom. The van der Waals surface area contributed by atoms with Gasteiger partial charge in [0.1, 0.15) is 0 Å². The molecule has 0 spiro atoms. The van der Waals surface area contributed by atoms with Crippen LogP contribution in [0, 0.1) is 0 Å². The molecule has 0 N–H and O–H groups in total. The van der Waals surface area contributed by atoms with Crippen LogP contribution in [-0.2, 0) is 13.0 Å². The van der Waals surface area contributed by atoms with E-state index >= 15 is 0 Å². The largest absolute Gasteiger partial charge is 0.303 e. The van der Waals surface area contributed by atoms with Crippen LogP contribution in [0.15, 0.2) is 24.3 Å². The van der Waals surface area contributed by atoms with Crippen LogP contribution in [0.5, 0.6) is 0 Å². The van der Waals surface area contributed by atoms with Crippen LogP contribution in [0.4, 0.5) is 0 Å². The number of nitrogens with zero attached hydrogens (tertiary/aromatic N) is 2. The van der Waals surface area contributed by atoms with E-state index in [9.17, 15) is 0 Å². The lowest BCUT2D eigenvalue weighted by molar-refractivity contribution is 0.221. The van der Waals surface area contributed by atoms with Gasteiger partial charge in [-0.1, -0.05) is 37.1 Å². The minimum Gasteiger partial charge on any atom is -0.303 e. The van der Waals surface area contributed by atoms with Gasteiger partial charge in [0, 0.05) is 13.1 Å². The Morgan fingerprint density at radius 3 is 1.76 bits per heavy atom. The van der Waals surface area contributed by atoms with Gasteiger partial charge in [0.2, 0.25) is 0 Å². The SMILES string of the molecule is c1cc(CN2CCCCC2)ccc1CCN1CCCCC1. The second-order valence-corrected chi connectivity index (χ2v) is 6.81. The van der Waals surface area contributed by atoms with Gasteiger partial charge >= 0.3 is 0 Å². The fraction of sp³-hybridized carbons (Fsp3) is 0.684. The molecule has 2 heteroatoms. The maximum atomic E-state index is 2.63. The molecule has 2 aliphatic rings. The van der Waals surface area contributed by atoms with Gasteiger partial charge in [-0.05, 0) is 69.4 Å². The fourth-order valence-corrected chi connectivity index (χ4v) is 3.66. The van der Waals surface area contributed by atoms with Crippen molar-refractivity contribution in [3.05, 3.63) is 35.4 Å². The summed E-state index contributed by atoms with van der Waals surface area (Å²) >= 11 is 0. The molecule has 0 amide bonds. The number of hydrogen-bond acceptors (Lipinski definition) is 2. The monoisotopic (exact) mass is 286 g/mol. The summed E-state index contributed by atoms with van der Waals surface area (Å²) < 4.78 is 0. The molecule has 1 aromatic carbocycles. The van der Waals surface area contributed by atoms with Crippen molar-refractivity contribution in [3.63, 3.8) is 0 Å². The molecule has 0 atom stereocenters. The van der Waals surface area contributed by atoms with Crippen LogP contribution < -0.4 is 0 Å². The maximum absolute atomic E-state index is 2.63. The van der Waals surface area contributed by atoms with Crippen LogP contribution in [0.25, 0.3) is 0 Å². The molecule has 1 aromatic rings. The minimum atomic E-state index is 1.15. The zero-order valence-electron chi connectivity index (χ0n) is 13.4. The molecule has 0 saturated carbocycles. The number of piperidine rings is 2. The van der Waals surface area contributed by atoms with Gasteiger partial charge in [-0.15, -0.1) is 0 Å². The fourth-order valence-electron chi connectivity index (χ4n) is 3.66. The highest BCUT2D eigenvalue weighted by Crippen LogP contribution is 2.14. The van der Waals surface area contributed by atoms with Crippen LogP contribution in [0.2, 0.25) is 0 Å². The van der Waals surface area contributed by atoms with Crippen molar-refractivity contribution in [2.45, 2.75) is 51.5 Å². The van der Waals surface area contributed by atoms with E-state index in [1.165, 1.54) is 88.8 Å². The van der Waals surface area contributed by atoms with E-state index in [0.29, 0.717) is 0 Å². The lowest BCUT2D eigenvalue weighted by atomic mass is 10.1. The normalized spacial score (nSPS) is 21.5. The first-order valence-electron chi connectivity index (χ1n) is 8.93. The van der Waals surface area contributed by atoms with E-state index in [1.54, 1.807) is 0 Å². The summed E-state index contributed by atoms with van der Waals surface area (Å²) in [5.41, 5.74) is 2.99. The van der Waals surface area contributed by atoms with E-state index in [4.69, 9.17) is 0 Å². The molecule has 3 rings (SSSR count). The average Bonchev–Trinajstić information content (AvgIpc) is 2.56. The zero-order valence-corrected chi connectivity index (χ0v) is 13.4. The van der Waals surface area contributed by atoms with Crippen molar-refractivity contribution in [2.75, 3.05) is 32.7 Å². The molecular formula is C19H30N2. The Balaban J connectivity index is 1.44. The smallest absolute Gasteiger partial charge is 0.0233 e. The molecule has 0 aromatic heterocycles. The van der Waals surface area contributed by atoms with E-state index in [1.807, 2.05) is 0 Å². The van der Waals surface area contributed by atoms with Gasteiger partial charge in [0.05, 0.1) is 0 Å². The molecule has 0 bridgehead atoms. The number of likely N-dealkylation sites (tertiary alicyclic amines) is 2. The highest BCUT2D eigenvalue weighted by atomic mass is 15.1. The molecule has 0 radical (unpaired) electrons. The summed E-state index contributed by atoms with van der Waals surface area (Å²) in [6.45, 7) is 7.59. The predicted octanol–water partition coefficient (Wildman–Crippen LogP) is 3.70. The topological polar surface area (TPSA) is 6.48 Å². The molecule has 2 saturated heterocycles. The van der Waals surface area contributed by atoms with E-state index in [2.05, 4.69) is 34.1 Å². The van der Waals surface area contributed by atoms with Gasteiger partial charge in [-0.2, -0.15) is 0 Å². The second kappa shape index (κ2) is 7.95. The molecule has 0 unspecified atom stereocenters. The zero-order chi connectivity index (χ0) is 14.3. The van der Waals surface area contributed by atoms with Crippen LogP contribution in [0.1, 0.15) is 49.7 Å². The summed E-state index contributed by atoms with van der Waals surface area (Å²) in [5, 5.41) is 0. The van der Waals surface area contributed by atoms with Crippen molar-refractivity contribution in [3.8, 4) is 0 Å². The standard InChI is InChI=1S/C19H30N2/c1-3-12-20(13-4-1)16-11-18-7-9-19(10-8-18)17-21-14-5-2-6-15-21/h7-10H,1-6,11-17H2. The van der Waals surface area contributed by atoms with Gasteiger partial charge < -0.3 is 4.90 Å². The first kappa shape index (κ1) is 15.1. The van der Waals surface area contributed by atoms with Crippen molar-refractivity contribution >= 4 is 0 Å². The summed E-state index contributed by atoms with van der Waals surface area (Å²) in [6, 6.07) is 9.40. The third-order valence-electron chi connectivity index (χ3n) is 5.04. The molecule has 2 fully saturated rings.